The van der Waals surface area contributed by atoms with Gasteiger partial charge in [-0.15, -0.1) is 0 Å². The molecule has 3 aromatic carbocycles. The molecule has 0 fully saturated rings. The molecule has 0 aliphatic rings. The minimum Gasteiger partial charge on any atom is -0.480 e. The van der Waals surface area contributed by atoms with Gasteiger partial charge in [-0.25, -0.2) is 4.79 Å². The second-order valence-electron chi connectivity index (χ2n) is 8.07. The number of aliphatic carboxylic acids is 2. The summed E-state index contributed by atoms with van der Waals surface area (Å²) in [5, 5.41) is 34.5. The van der Waals surface area contributed by atoms with Crippen molar-refractivity contribution in [3.8, 4) is 17.2 Å². The SMILES string of the molecule is N#Cc1ccccc1-c1ccc(N[C@@H](Cc2cccc(C=NN)c2)C(=O)NCC(=O)O)cc1.O=C(O)C(F)(F)F. The molecule has 1 amide bonds. The summed E-state index contributed by atoms with van der Waals surface area (Å²) in [6.07, 6.45) is -3.26. The number of halogens is 3. The Hall–Kier alpha value is -5.38. The fourth-order valence-corrected chi connectivity index (χ4v) is 3.40. The van der Waals surface area contributed by atoms with Crippen molar-refractivity contribution in [2.75, 3.05) is 11.9 Å². The number of alkyl halides is 3. The number of carbonyl (C=O) groups is 3. The quantitative estimate of drug-likeness (QED) is 0.152. The molecule has 0 radical (unpaired) electrons. The second-order valence-corrected chi connectivity index (χ2v) is 8.07. The summed E-state index contributed by atoms with van der Waals surface area (Å²) in [4.78, 5) is 32.5. The number of benzene rings is 3. The average molecular weight is 556 g/mol. The van der Waals surface area contributed by atoms with Crippen LogP contribution in [0.2, 0.25) is 0 Å². The monoisotopic (exact) mass is 555 g/mol. The van der Waals surface area contributed by atoms with E-state index in [2.05, 4.69) is 21.8 Å². The molecule has 3 aromatic rings. The number of anilines is 1. The Kier molecular flexibility index (Phi) is 11.2. The topological polar surface area (TPSA) is 178 Å². The van der Waals surface area contributed by atoms with E-state index in [0.29, 0.717) is 17.7 Å². The zero-order chi connectivity index (χ0) is 29.7. The second kappa shape index (κ2) is 14.5. The Bertz CT molecular complexity index is 1400. The lowest BCUT2D eigenvalue weighted by Gasteiger charge is -2.20. The van der Waals surface area contributed by atoms with Crippen LogP contribution in [0.1, 0.15) is 16.7 Å². The Morgan fingerprint density at radius 3 is 2.25 bits per heavy atom. The summed E-state index contributed by atoms with van der Waals surface area (Å²) in [6, 6.07) is 23.5. The number of nitriles is 1. The number of carboxylic acid groups (broad SMARTS) is 2. The van der Waals surface area contributed by atoms with Crippen LogP contribution < -0.4 is 16.5 Å². The van der Waals surface area contributed by atoms with E-state index < -0.39 is 36.6 Å². The average Bonchev–Trinajstić information content (AvgIpc) is 2.92. The van der Waals surface area contributed by atoms with Crippen LogP contribution >= 0.6 is 0 Å². The summed E-state index contributed by atoms with van der Waals surface area (Å²) >= 11 is 0. The van der Waals surface area contributed by atoms with E-state index >= 15 is 0 Å². The first kappa shape index (κ1) is 30.8. The van der Waals surface area contributed by atoms with Crippen LogP contribution in [0, 0.1) is 11.3 Å². The van der Waals surface area contributed by atoms with Gasteiger partial charge in [-0.2, -0.15) is 23.5 Å². The zero-order valence-electron chi connectivity index (χ0n) is 20.7. The lowest BCUT2D eigenvalue weighted by atomic mass is 9.99. The molecule has 0 saturated heterocycles. The molecule has 0 aliphatic carbocycles. The number of nitrogens with zero attached hydrogens (tertiary/aromatic N) is 2. The predicted octanol–water partition coefficient (Wildman–Crippen LogP) is 3.38. The zero-order valence-corrected chi connectivity index (χ0v) is 20.7. The van der Waals surface area contributed by atoms with E-state index in [1.807, 2.05) is 66.7 Å². The highest BCUT2D eigenvalue weighted by Crippen LogP contribution is 2.25. The van der Waals surface area contributed by atoms with Crippen LogP contribution in [0.25, 0.3) is 11.1 Å². The fourth-order valence-electron chi connectivity index (χ4n) is 3.40. The maximum atomic E-state index is 12.7. The number of hydrazone groups is 1. The van der Waals surface area contributed by atoms with Crippen molar-refractivity contribution in [3.05, 3.63) is 89.5 Å². The molecule has 10 nitrogen and oxygen atoms in total. The number of amides is 1. The third kappa shape index (κ3) is 9.82. The normalized spacial score (nSPS) is 11.4. The molecular formula is C27H24F3N5O5. The highest BCUT2D eigenvalue weighted by molar-refractivity contribution is 5.88. The standard InChI is InChI=1S/C25H23N5O3.C2HF3O2/c26-14-20-6-1-2-7-22(20)19-8-10-21(11-9-19)30-23(25(33)28-16-24(31)32)13-17-4-3-5-18(12-17)15-29-27;3-2(4,5)1(6)7/h1-12,15,23,30H,13,16,27H2,(H,28,33)(H,31,32);(H,6,7)/t23-;/m0./s1. The summed E-state index contributed by atoms with van der Waals surface area (Å²) in [5.74, 6) is 0.908. The van der Waals surface area contributed by atoms with E-state index in [9.17, 15) is 28.0 Å². The van der Waals surface area contributed by atoms with Crippen LogP contribution in [0.5, 0.6) is 0 Å². The van der Waals surface area contributed by atoms with Gasteiger partial charge < -0.3 is 26.7 Å². The van der Waals surface area contributed by atoms with Gasteiger partial charge in [0.2, 0.25) is 5.91 Å². The van der Waals surface area contributed by atoms with Crippen LogP contribution in [-0.4, -0.2) is 53.0 Å². The Morgan fingerprint density at radius 1 is 1.02 bits per heavy atom. The Morgan fingerprint density at radius 2 is 1.68 bits per heavy atom. The van der Waals surface area contributed by atoms with Crippen molar-refractivity contribution in [2.45, 2.75) is 18.6 Å². The molecule has 40 heavy (non-hydrogen) atoms. The number of carboxylic acids is 2. The van der Waals surface area contributed by atoms with Gasteiger partial charge in [-0.3, -0.25) is 9.59 Å². The lowest BCUT2D eigenvalue weighted by molar-refractivity contribution is -0.192. The molecule has 1 atom stereocenters. The van der Waals surface area contributed by atoms with Gasteiger partial charge in [-0.1, -0.05) is 54.6 Å². The van der Waals surface area contributed by atoms with Gasteiger partial charge in [-0.05, 0) is 40.5 Å². The lowest BCUT2D eigenvalue weighted by Crippen LogP contribution is -2.43. The van der Waals surface area contributed by atoms with Crippen molar-refractivity contribution < 1.29 is 37.8 Å². The number of nitrogens with one attached hydrogen (secondary N) is 2. The van der Waals surface area contributed by atoms with Gasteiger partial charge in [0.1, 0.15) is 12.6 Å². The molecule has 3 rings (SSSR count). The van der Waals surface area contributed by atoms with Crippen molar-refractivity contribution in [1.82, 2.24) is 5.32 Å². The molecule has 13 heteroatoms. The van der Waals surface area contributed by atoms with Gasteiger partial charge >= 0.3 is 18.1 Å². The van der Waals surface area contributed by atoms with Crippen molar-refractivity contribution in [2.24, 2.45) is 10.9 Å². The van der Waals surface area contributed by atoms with Crippen LogP contribution in [-0.2, 0) is 20.8 Å². The molecular weight excluding hydrogens is 531 g/mol. The first-order chi connectivity index (χ1) is 18.9. The molecule has 0 aromatic heterocycles. The summed E-state index contributed by atoms with van der Waals surface area (Å²) in [6.45, 7) is -0.471. The fraction of sp³-hybridized carbons (Fsp3) is 0.148. The molecule has 0 spiro atoms. The largest absolute Gasteiger partial charge is 0.490 e. The third-order valence-electron chi connectivity index (χ3n) is 5.17. The molecule has 0 saturated carbocycles. The first-order valence-electron chi connectivity index (χ1n) is 11.4. The molecule has 0 aliphatic heterocycles. The minimum absolute atomic E-state index is 0.316. The number of nitrogens with two attached hydrogens (primary N) is 1. The van der Waals surface area contributed by atoms with Crippen LogP contribution in [0.15, 0.2) is 77.9 Å². The molecule has 0 heterocycles. The number of hydrogen-bond acceptors (Lipinski definition) is 7. The van der Waals surface area contributed by atoms with Crippen LogP contribution in [0.4, 0.5) is 18.9 Å². The molecule has 0 bridgehead atoms. The van der Waals surface area contributed by atoms with Crippen molar-refractivity contribution >= 4 is 29.7 Å². The van der Waals surface area contributed by atoms with Gasteiger partial charge in [0.05, 0.1) is 17.8 Å². The summed E-state index contributed by atoms with van der Waals surface area (Å²) < 4.78 is 31.7. The highest BCUT2D eigenvalue weighted by Gasteiger charge is 2.38. The summed E-state index contributed by atoms with van der Waals surface area (Å²) in [7, 11) is 0. The van der Waals surface area contributed by atoms with Gasteiger partial charge in [0.25, 0.3) is 0 Å². The van der Waals surface area contributed by atoms with Gasteiger partial charge in [0, 0.05) is 12.1 Å². The Balaban J connectivity index is 0.000000708. The van der Waals surface area contributed by atoms with Gasteiger partial charge in [0.15, 0.2) is 0 Å². The maximum Gasteiger partial charge on any atom is 0.490 e. The molecule has 6 N–H and O–H groups in total. The van der Waals surface area contributed by atoms with Crippen LogP contribution in [0.3, 0.4) is 0 Å². The predicted molar refractivity (Wildman–Crippen MR) is 140 cm³/mol. The molecule has 208 valence electrons. The first-order valence-corrected chi connectivity index (χ1v) is 11.4. The Labute approximate surface area is 226 Å². The molecule has 0 unspecified atom stereocenters. The number of rotatable bonds is 9. The van der Waals surface area contributed by atoms with E-state index in [4.69, 9.17) is 20.9 Å². The van der Waals surface area contributed by atoms with E-state index in [1.54, 1.807) is 6.07 Å². The third-order valence-corrected chi connectivity index (χ3v) is 5.17. The van der Waals surface area contributed by atoms with Crippen molar-refractivity contribution in [1.29, 1.82) is 5.26 Å². The van der Waals surface area contributed by atoms with E-state index in [-0.39, 0.29) is 0 Å². The summed E-state index contributed by atoms with van der Waals surface area (Å²) in [5.41, 5.74) is 4.60. The highest BCUT2D eigenvalue weighted by atomic mass is 19.4. The maximum absolute atomic E-state index is 12.7. The van der Waals surface area contributed by atoms with Crippen molar-refractivity contribution in [3.63, 3.8) is 0 Å². The van der Waals surface area contributed by atoms with E-state index in [0.717, 1.165) is 22.3 Å². The smallest absolute Gasteiger partial charge is 0.480 e. The number of carbonyl (C=O) groups excluding carboxylic acids is 1. The minimum atomic E-state index is -5.08. The van der Waals surface area contributed by atoms with E-state index in [1.165, 1.54) is 6.21 Å². The number of hydrogen-bond donors (Lipinski definition) is 5.